The number of rotatable bonds is 6. The fraction of sp³-hybridized carbons (Fsp3) is 0.714. The third kappa shape index (κ3) is 5.25. The van der Waals surface area contributed by atoms with Crippen LogP contribution in [0.25, 0.3) is 0 Å². The van der Waals surface area contributed by atoms with Gasteiger partial charge in [-0.1, -0.05) is 11.3 Å². The summed E-state index contributed by atoms with van der Waals surface area (Å²) in [7, 11) is 0. The van der Waals surface area contributed by atoms with E-state index in [-0.39, 0.29) is 11.9 Å². The predicted molar refractivity (Wildman–Crippen MR) is 92.5 cm³/mol. The van der Waals surface area contributed by atoms with Crippen LogP contribution in [-0.4, -0.2) is 53.0 Å². The number of anilines is 1. The molecule has 8 nitrogen and oxygen atoms in total. The standard InChI is InChI=1S/C14H22N4O4S2/c1-3-21-11(19)10-5-7-17(8-6-10)9-18-14(23)24-12(16-18)15-13(20)22-4-2/h10H,3-9H2,1-2H3,(H,15,16,20). The van der Waals surface area contributed by atoms with Gasteiger partial charge in [0.25, 0.3) is 0 Å². The molecule has 2 rings (SSSR count). The smallest absolute Gasteiger partial charge is 0.413 e. The summed E-state index contributed by atoms with van der Waals surface area (Å²) in [6.45, 7) is 6.37. The summed E-state index contributed by atoms with van der Waals surface area (Å²) in [4.78, 5) is 25.3. The molecule has 0 atom stereocenters. The van der Waals surface area contributed by atoms with E-state index in [9.17, 15) is 9.59 Å². The van der Waals surface area contributed by atoms with Gasteiger partial charge in [-0.15, -0.1) is 5.10 Å². The number of nitrogens with zero attached hydrogens (tertiary/aromatic N) is 3. The molecule has 2 heterocycles. The average molecular weight is 374 g/mol. The van der Waals surface area contributed by atoms with Gasteiger partial charge in [0.05, 0.1) is 25.8 Å². The maximum Gasteiger partial charge on any atom is 0.413 e. The number of ether oxygens (including phenoxy) is 2. The number of esters is 1. The molecule has 0 radical (unpaired) electrons. The van der Waals surface area contributed by atoms with Crippen molar-refractivity contribution >= 4 is 40.7 Å². The Bertz CT molecular complexity index is 623. The average Bonchev–Trinajstić information content (AvgIpc) is 2.87. The van der Waals surface area contributed by atoms with Gasteiger partial charge in [-0.05, 0) is 38.9 Å². The summed E-state index contributed by atoms with van der Waals surface area (Å²) < 4.78 is 12.1. The number of nitrogens with one attached hydrogen (secondary N) is 1. The first-order chi connectivity index (χ1) is 11.5. The molecular formula is C14H22N4O4S2. The molecule has 0 bridgehead atoms. The summed E-state index contributed by atoms with van der Waals surface area (Å²) in [6.07, 6.45) is 0.998. The van der Waals surface area contributed by atoms with Crippen LogP contribution >= 0.6 is 23.6 Å². The SMILES string of the molecule is CCOC(=O)Nc1nn(CN2CCC(C(=O)OCC)CC2)c(=S)s1. The molecule has 1 aromatic rings. The predicted octanol–water partition coefficient (Wildman–Crippen LogP) is 2.48. The van der Waals surface area contributed by atoms with Crippen LogP contribution in [-0.2, 0) is 20.9 Å². The van der Waals surface area contributed by atoms with Crippen molar-refractivity contribution in [3.8, 4) is 0 Å². The van der Waals surface area contributed by atoms with Crippen LogP contribution in [0, 0.1) is 9.87 Å². The van der Waals surface area contributed by atoms with Crippen molar-refractivity contribution in [2.75, 3.05) is 31.6 Å². The van der Waals surface area contributed by atoms with Crippen LogP contribution in [0.5, 0.6) is 0 Å². The first-order valence-electron chi connectivity index (χ1n) is 7.94. The summed E-state index contributed by atoms with van der Waals surface area (Å²) in [5.41, 5.74) is 0. The van der Waals surface area contributed by atoms with Gasteiger partial charge in [-0.2, -0.15) is 0 Å². The van der Waals surface area contributed by atoms with Gasteiger partial charge in [-0.3, -0.25) is 15.0 Å². The lowest BCUT2D eigenvalue weighted by Gasteiger charge is -2.30. The highest BCUT2D eigenvalue weighted by atomic mass is 32.1. The number of aromatic nitrogens is 2. The van der Waals surface area contributed by atoms with E-state index in [0.717, 1.165) is 25.9 Å². The molecule has 0 aromatic carbocycles. The fourth-order valence-electron chi connectivity index (χ4n) is 2.46. The molecule has 1 aromatic heterocycles. The quantitative estimate of drug-likeness (QED) is 0.605. The van der Waals surface area contributed by atoms with Gasteiger partial charge in [0, 0.05) is 13.1 Å². The number of hydrogen-bond donors (Lipinski definition) is 1. The fourth-order valence-corrected chi connectivity index (χ4v) is 3.44. The third-order valence-corrected chi connectivity index (χ3v) is 4.86. The molecule has 0 saturated carbocycles. The molecule has 24 heavy (non-hydrogen) atoms. The monoisotopic (exact) mass is 374 g/mol. The van der Waals surface area contributed by atoms with Gasteiger partial charge in [0.2, 0.25) is 5.13 Å². The number of hydrogen-bond acceptors (Lipinski definition) is 8. The van der Waals surface area contributed by atoms with Crippen LogP contribution in [0.1, 0.15) is 26.7 Å². The van der Waals surface area contributed by atoms with Gasteiger partial charge in [0.1, 0.15) is 0 Å². The van der Waals surface area contributed by atoms with E-state index in [2.05, 4.69) is 15.3 Å². The molecule has 1 aliphatic rings. The second-order valence-electron chi connectivity index (χ2n) is 5.30. The van der Waals surface area contributed by atoms with Crippen LogP contribution < -0.4 is 5.32 Å². The molecule has 1 saturated heterocycles. The molecule has 0 unspecified atom stereocenters. The Labute approximate surface area is 149 Å². The van der Waals surface area contributed by atoms with Gasteiger partial charge < -0.3 is 9.47 Å². The lowest BCUT2D eigenvalue weighted by molar-refractivity contribution is -0.149. The van der Waals surface area contributed by atoms with Crippen molar-refractivity contribution in [3.63, 3.8) is 0 Å². The van der Waals surface area contributed by atoms with E-state index >= 15 is 0 Å². The van der Waals surface area contributed by atoms with Gasteiger partial charge >= 0.3 is 12.1 Å². The molecule has 0 spiro atoms. The van der Waals surface area contributed by atoms with E-state index in [1.807, 2.05) is 6.92 Å². The van der Waals surface area contributed by atoms with E-state index in [1.54, 1.807) is 11.6 Å². The minimum absolute atomic E-state index is 0.0225. The first kappa shape index (κ1) is 18.8. The second-order valence-corrected chi connectivity index (χ2v) is 6.93. The minimum atomic E-state index is -0.538. The lowest BCUT2D eigenvalue weighted by Crippen LogP contribution is -2.38. The number of piperidine rings is 1. The zero-order chi connectivity index (χ0) is 17.5. The van der Waals surface area contributed by atoms with Gasteiger partial charge in [0.15, 0.2) is 3.95 Å². The van der Waals surface area contributed by atoms with E-state index in [0.29, 0.717) is 29.0 Å². The summed E-state index contributed by atoms with van der Waals surface area (Å²) in [5.74, 6) is -0.131. The Balaban J connectivity index is 1.86. The number of amides is 1. The Kier molecular flexibility index (Phi) is 7.13. The van der Waals surface area contributed by atoms with Crippen molar-refractivity contribution < 1.29 is 19.1 Å². The largest absolute Gasteiger partial charge is 0.466 e. The normalized spacial score (nSPS) is 15.9. The topological polar surface area (TPSA) is 85.7 Å². The maximum absolute atomic E-state index is 11.8. The van der Waals surface area contributed by atoms with Crippen LogP contribution in [0.15, 0.2) is 0 Å². The van der Waals surface area contributed by atoms with Crippen molar-refractivity contribution in [1.82, 2.24) is 14.7 Å². The molecular weight excluding hydrogens is 352 g/mol. The Morgan fingerprint density at radius 1 is 1.29 bits per heavy atom. The number of carbonyl (C=O) groups is 2. The Hall–Kier alpha value is -1.52. The van der Waals surface area contributed by atoms with E-state index in [4.69, 9.17) is 21.7 Å². The Morgan fingerprint density at radius 2 is 1.96 bits per heavy atom. The molecule has 1 N–H and O–H groups in total. The summed E-state index contributed by atoms with van der Waals surface area (Å²) >= 11 is 6.51. The Morgan fingerprint density at radius 3 is 2.58 bits per heavy atom. The molecule has 1 amide bonds. The molecule has 0 aliphatic carbocycles. The lowest BCUT2D eigenvalue weighted by atomic mass is 9.97. The molecule has 10 heteroatoms. The van der Waals surface area contributed by atoms with E-state index in [1.165, 1.54) is 11.3 Å². The summed E-state index contributed by atoms with van der Waals surface area (Å²) in [6, 6.07) is 0. The maximum atomic E-state index is 11.8. The summed E-state index contributed by atoms with van der Waals surface area (Å²) in [5, 5.41) is 7.27. The number of likely N-dealkylation sites (tertiary alicyclic amines) is 1. The van der Waals surface area contributed by atoms with Crippen molar-refractivity contribution in [3.05, 3.63) is 3.95 Å². The number of carbonyl (C=O) groups excluding carboxylic acids is 2. The zero-order valence-corrected chi connectivity index (χ0v) is 15.5. The van der Waals surface area contributed by atoms with Crippen LogP contribution in [0.4, 0.5) is 9.93 Å². The van der Waals surface area contributed by atoms with Crippen LogP contribution in [0.3, 0.4) is 0 Å². The highest BCUT2D eigenvalue weighted by molar-refractivity contribution is 7.73. The van der Waals surface area contributed by atoms with E-state index < -0.39 is 6.09 Å². The van der Waals surface area contributed by atoms with Gasteiger partial charge in [-0.25, -0.2) is 9.48 Å². The zero-order valence-electron chi connectivity index (χ0n) is 13.8. The highest BCUT2D eigenvalue weighted by Gasteiger charge is 2.26. The first-order valence-corrected chi connectivity index (χ1v) is 9.16. The molecule has 1 fully saturated rings. The van der Waals surface area contributed by atoms with Crippen molar-refractivity contribution in [1.29, 1.82) is 0 Å². The van der Waals surface area contributed by atoms with Crippen LogP contribution in [0.2, 0.25) is 0 Å². The minimum Gasteiger partial charge on any atom is -0.466 e. The highest BCUT2D eigenvalue weighted by Crippen LogP contribution is 2.20. The third-order valence-electron chi connectivity index (χ3n) is 3.63. The molecule has 134 valence electrons. The van der Waals surface area contributed by atoms with Crippen molar-refractivity contribution in [2.24, 2.45) is 5.92 Å². The molecule has 1 aliphatic heterocycles. The van der Waals surface area contributed by atoms with Crippen molar-refractivity contribution in [2.45, 2.75) is 33.4 Å². The second kappa shape index (κ2) is 9.09.